The number of rotatable bonds is 6. The van der Waals surface area contributed by atoms with Crippen LogP contribution in [0, 0.1) is 5.92 Å². The molecule has 0 aromatic carbocycles. The minimum absolute atomic E-state index is 0.0354. The maximum atomic E-state index is 8.82. The molecule has 0 saturated carbocycles. The second kappa shape index (κ2) is 7.21. The third-order valence-corrected chi connectivity index (χ3v) is 2.59. The molecule has 1 heterocycles. The lowest BCUT2D eigenvalue weighted by molar-refractivity contribution is -0.163. The topological polar surface area (TPSA) is 38.7 Å². The molecule has 0 aromatic rings. The van der Waals surface area contributed by atoms with Gasteiger partial charge in [-0.2, -0.15) is 0 Å². The summed E-state index contributed by atoms with van der Waals surface area (Å²) in [6.45, 7) is 3.93. The van der Waals surface area contributed by atoms with Crippen LogP contribution in [0.5, 0.6) is 0 Å². The lowest BCUT2D eigenvalue weighted by Gasteiger charge is -2.22. The lowest BCUT2D eigenvalue weighted by Crippen LogP contribution is -2.22. The molecule has 3 nitrogen and oxygen atoms in total. The molecular formula is C11H22O3. The Bertz CT molecular complexity index is 132. The molecule has 0 aliphatic carbocycles. The zero-order valence-corrected chi connectivity index (χ0v) is 9.08. The van der Waals surface area contributed by atoms with Crippen molar-refractivity contribution in [1.29, 1.82) is 0 Å². The Morgan fingerprint density at radius 3 is 3.00 bits per heavy atom. The summed E-state index contributed by atoms with van der Waals surface area (Å²) in [5, 5.41) is 8.82. The second-order valence-corrected chi connectivity index (χ2v) is 4.10. The van der Waals surface area contributed by atoms with Gasteiger partial charge in [-0.1, -0.05) is 6.92 Å². The highest BCUT2D eigenvalue weighted by Crippen LogP contribution is 2.14. The zero-order chi connectivity index (χ0) is 10.2. The van der Waals surface area contributed by atoms with Crippen molar-refractivity contribution < 1.29 is 14.6 Å². The van der Waals surface area contributed by atoms with Gasteiger partial charge in [0.1, 0.15) is 0 Å². The van der Waals surface area contributed by atoms with E-state index in [1.165, 1.54) is 12.8 Å². The predicted molar refractivity (Wildman–Crippen MR) is 55.0 cm³/mol. The van der Waals surface area contributed by atoms with E-state index < -0.39 is 0 Å². The lowest BCUT2D eigenvalue weighted by atomic mass is 10.1. The fourth-order valence-electron chi connectivity index (χ4n) is 1.58. The van der Waals surface area contributed by atoms with E-state index in [1.54, 1.807) is 0 Å². The van der Waals surface area contributed by atoms with Crippen LogP contribution in [0.25, 0.3) is 0 Å². The molecule has 2 atom stereocenters. The quantitative estimate of drug-likeness (QED) is 0.669. The first-order valence-corrected chi connectivity index (χ1v) is 5.67. The van der Waals surface area contributed by atoms with Crippen molar-refractivity contribution in [2.24, 2.45) is 5.92 Å². The fraction of sp³-hybridized carbons (Fsp3) is 1.00. The normalized spacial score (nSPS) is 24.9. The van der Waals surface area contributed by atoms with Crippen molar-refractivity contribution in [3.05, 3.63) is 0 Å². The standard InChI is InChI=1S/C11H22O3/c1-10(9-12)5-4-8-14-11-6-2-3-7-13-11/h10-12H,2-9H2,1H3/t10-,11?/m1/s1. The average Bonchev–Trinajstić information content (AvgIpc) is 2.25. The number of aliphatic hydroxyl groups excluding tert-OH is 1. The van der Waals surface area contributed by atoms with Gasteiger partial charge < -0.3 is 14.6 Å². The average molecular weight is 202 g/mol. The summed E-state index contributed by atoms with van der Waals surface area (Å²) in [6.07, 6.45) is 5.51. The van der Waals surface area contributed by atoms with Crippen molar-refractivity contribution in [3.8, 4) is 0 Å². The first kappa shape index (κ1) is 12.0. The first-order valence-electron chi connectivity index (χ1n) is 5.67. The number of hydrogen-bond acceptors (Lipinski definition) is 3. The molecule has 0 spiro atoms. The van der Waals surface area contributed by atoms with E-state index >= 15 is 0 Å². The summed E-state index contributed by atoms with van der Waals surface area (Å²) in [5.74, 6) is 0.394. The molecule has 14 heavy (non-hydrogen) atoms. The van der Waals surface area contributed by atoms with Crippen LogP contribution in [0.2, 0.25) is 0 Å². The highest BCUT2D eigenvalue weighted by Gasteiger charge is 2.13. The van der Waals surface area contributed by atoms with Gasteiger partial charge in [-0.3, -0.25) is 0 Å². The highest BCUT2D eigenvalue weighted by molar-refractivity contribution is 4.55. The molecule has 1 fully saturated rings. The van der Waals surface area contributed by atoms with Crippen LogP contribution in [0.15, 0.2) is 0 Å². The molecule has 1 unspecified atom stereocenters. The number of aliphatic hydroxyl groups is 1. The van der Waals surface area contributed by atoms with Crippen molar-refractivity contribution in [1.82, 2.24) is 0 Å². The molecule has 3 heteroatoms. The minimum Gasteiger partial charge on any atom is -0.396 e. The van der Waals surface area contributed by atoms with Gasteiger partial charge in [0.05, 0.1) is 0 Å². The van der Waals surface area contributed by atoms with Crippen LogP contribution in [-0.2, 0) is 9.47 Å². The Balaban J connectivity index is 1.92. The molecule has 84 valence electrons. The van der Waals surface area contributed by atoms with Crippen LogP contribution in [0.3, 0.4) is 0 Å². The SMILES string of the molecule is C[C@@H](CO)CCCOC1CCCCO1. The van der Waals surface area contributed by atoms with Crippen LogP contribution in [0.1, 0.15) is 39.0 Å². The van der Waals surface area contributed by atoms with E-state index in [9.17, 15) is 0 Å². The first-order chi connectivity index (χ1) is 6.83. The van der Waals surface area contributed by atoms with Gasteiger partial charge in [-0.25, -0.2) is 0 Å². The Hall–Kier alpha value is -0.120. The van der Waals surface area contributed by atoms with Gasteiger partial charge in [-0.15, -0.1) is 0 Å². The van der Waals surface area contributed by atoms with Gasteiger partial charge >= 0.3 is 0 Å². The molecular weight excluding hydrogens is 180 g/mol. The summed E-state index contributed by atoms with van der Waals surface area (Å²) in [4.78, 5) is 0. The highest BCUT2D eigenvalue weighted by atomic mass is 16.7. The van der Waals surface area contributed by atoms with E-state index in [2.05, 4.69) is 6.92 Å². The predicted octanol–water partition coefficient (Wildman–Crippen LogP) is 1.94. The molecule has 1 aliphatic rings. The molecule has 0 aromatic heterocycles. The molecule has 1 rings (SSSR count). The monoisotopic (exact) mass is 202 g/mol. The van der Waals surface area contributed by atoms with Gasteiger partial charge in [0.2, 0.25) is 0 Å². The van der Waals surface area contributed by atoms with Crippen LogP contribution in [-0.4, -0.2) is 31.2 Å². The van der Waals surface area contributed by atoms with Crippen molar-refractivity contribution in [3.63, 3.8) is 0 Å². The smallest absolute Gasteiger partial charge is 0.157 e. The molecule has 0 amide bonds. The third kappa shape index (κ3) is 4.94. The van der Waals surface area contributed by atoms with E-state index in [4.69, 9.17) is 14.6 Å². The third-order valence-electron chi connectivity index (χ3n) is 2.59. The Labute approximate surface area is 86.4 Å². The molecule has 0 radical (unpaired) electrons. The van der Waals surface area contributed by atoms with E-state index in [1.807, 2.05) is 0 Å². The summed E-state index contributed by atoms with van der Waals surface area (Å²) in [6, 6.07) is 0. The minimum atomic E-state index is 0.0354. The Kier molecular flexibility index (Phi) is 6.15. The van der Waals surface area contributed by atoms with Crippen molar-refractivity contribution >= 4 is 0 Å². The van der Waals surface area contributed by atoms with Crippen LogP contribution >= 0.6 is 0 Å². The van der Waals surface area contributed by atoms with E-state index in [0.29, 0.717) is 5.92 Å². The van der Waals surface area contributed by atoms with Crippen molar-refractivity contribution in [2.45, 2.75) is 45.3 Å². The second-order valence-electron chi connectivity index (χ2n) is 4.10. The Morgan fingerprint density at radius 1 is 1.50 bits per heavy atom. The van der Waals surface area contributed by atoms with E-state index in [0.717, 1.165) is 32.5 Å². The summed E-state index contributed by atoms with van der Waals surface area (Å²) in [5.41, 5.74) is 0. The Morgan fingerprint density at radius 2 is 2.36 bits per heavy atom. The van der Waals surface area contributed by atoms with Crippen LogP contribution in [0.4, 0.5) is 0 Å². The van der Waals surface area contributed by atoms with E-state index in [-0.39, 0.29) is 12.9 Å². The fourth-order valence-corrected chi connectivity index (χ4v) is 1.58. The largest absolute Gasteiger partial charge is 0.396 e. The van der Waals surface area contributed by atoms with Gasteiger partial charge in [0.25, 0.3) is 0 Å². The molecule has 0 bridgehead atoms. The van der Waals surface area contributed by atoms with Crippen molar-refractivity contribution in [2.75, 3.05) is 19.8 Å². The summed E-state index contributed by atoms with van der Waals surface area (Å²) >= 11 is 0. The molecule has 1 aliphatic heterocycles. The maximum Gasteiger partial charge on any atom is 0.157 e. The number of ether oxygens (including phenoxy) is 2. The van der Waals surface area contributed by atoms with Crippen LogP contribution < -0.4 is 0 Å². The number of hydrogen-bond donors (Lipinski definition) is 1. The molecule has 1 saturated heterocycles. The maximum absolute atomic E-state index is 8.82. The molecule has 1 N–H and O–H groups in total. The van der Waals surface area contributed by atoms with Gasteiger partial charge in [-0.05, 0) is 38.0 Å². The summed E-state index contributed by atoms with van der Waals surface area (Å²) in [7, 11) is 0. The van der Waals surface area contributed by atoms with Gasteiger partial charge in [0, 0.05) is 19.8 Å². The van der Waals surface area contributed by atoms with Gasteiger partial charge in [0.15, 0.2) is 6.29 Å². The summed E-state index contributed by atoms with van der Waals surface area (Å²) < 4.78 is 11.0. The zero-order valence-electron chi connectivity index (χ0n) is 9.08.